The molecule has 23 heavy (non-hydrogen) atoms. The fourth-order valence-corrected chi connectivity index (χ4v) is 2.38. The normalized spacial score (nSPS) is 10.5. The number of nitrogens with one attached hydrogen (secondary N) is 1. The third-order valence-electron chi connectivity index (χ3n) is 3.31. The van der Waals surface area contributed by atoms with Gasteiger partial charge in [0.2, 0.25) is 0 Å². The van der Waals surface area contributed by atoms with E-state index in [0.29, 0.717) is 11.2 Å². The number of carboxylic acids is 1. The third kappa shape index (κ3) is 3.14. The Kier molecular flexibility index (Phi) is 3.95. The van der Waals surface area contributed by atoms with Gasteiger partial charge in [0, 0.05) is 11.1 Å². The Morgan fingerprint density at radius 2 is 1.74 bits per heavy atom. The van der Waals surface area contributed by atoms with Crippen molar-refractivity contribution in [1.82, 2.24) is 4.98 Å². The number of fused-ring (bicyclic) bond motifs is 1. The number of aromatic carboxylic acids is 1. The number of carboxylic acid groups (broad SMARTS) is 1. The first-order chi connectivity index (χ1) is 11.0. The van der Waals surface area contributed by atoms with E-state index in [-0.39, 0.29) is 16.3 Å². The summed E-state index contributed by atoms with van der Waals surface area (Å²) in [6.07, 6.45) is 0. The maximum absolute atomic E-state index is 12.3. The number of halogens is 1. The lowest BCUT2D eigenvalue weighted by molar-refractivity contribution is 0.0696. The van der Waals surface area contributed by atoms with Crippen LogP contribution in [-0.4, -0.2) is 22.0 Å². The van der Waals surface area contributed by atoms with E-state index in [0.717, 1.165) is 5.39 Å². The Balaban J connectivity index is 1.88. The molecule has 3 rings (SSSR count). The summed E-state index contributed by atoms with van der Waals surface area (Å²) in [5, 5.41) is 12.5. The van der Waals surface area contributed by atoms with Gasteiger partial charge in [0.05, 0.1) is 16.6 Å². The Hall–Kier alpha value is -2.92. The van der Waals surface area contributed by atoms with Gasteiger partial charge in [0.25, 0.3) is 5.91 Å². The summed E-state index contributed by atoms with van der Waals surface area (Å²) < 4.78 is 0. The lowest BCUT2D eigenvalue weighted by Crippen LogP contribution is -2.13. The maximum atomic E-state index is 12.3. The number of carbonyl (C=O) groups excluding carboxylic acids is 1. The van der Waals surface area contributed by atoms with E-state index in [1.807, 2.05) is 24.3 Å². The SMILES string of the molecule is O=C(O)c1ccc(NC(=O)c2cc3ccccc3nc2Cl)cc1. The van der Waals surface area contributed by atoms with Gasteiger partial charge in [-0.05, 0) is 36.4 Å². The molecule has 1 aromatic heterocycles. The van der Waals surface area contributed by atoms with Gasteiger partial charge >= 0.3 is 5.97 Å². The molecule has 1 heterocycles. The minimum Gasteiger partial charge on any atom is -0.478 e. The Morgan fingerprint density at radius 3 is 2.43 bits per heavy atom. The first-order valence-corrected chi connectivity index (χ1v) is 7.12. The van der Waals surface area contributed by atoms with E-state index in [9.17, 15) is 9.59 Å². The standard InChI is InChI=1S/C17H11ClN2O3/c18-15-13(9-11-3-1-2-4-14(11)20-15)16(21)19-12-7-5-10(6-8-12)17(22)23/h1-9H,(H,19,21)(H,22,23). The quantitative estimate of drug-likeness (QED) is 0.717. The Labute approximate surface area is 136 Å². The molecule has 0 aliphatic carbocycles. The average Bonchev–Trinajstić information content (AvgIpc) is 2.54. The summed E-state index contributed by atoms with van der Waals surface area (Å²) in [7, 11) is 0. The zero-order valence-corrected chi connectivity index (χ0v) is 12.5. The van der Waals surface area contributed by atoms with Crippen molar-refractivity contribution in [2.45, 2.75) is 0 Å². The van der Waals surface area contributed by atoms with Crippen molar-refractivity contribution in [2.75, 3.05) is 5.32 Å². The molecule has 0 spiro atoms. The van der Waals surface area contributed by atoms with Crippen LogP contribution in [0.4, 0.5) is 5.69 Å². The molecule has 5 nitrogen and oxygen atoms in total. The van der Waals surface area contributed by atoms with E-state index >= 15 is 0 Å². The molecule has 0 saturated carbocycles. The number of rotatable bonds is 3. The number of carbonyl (C=O) groups is 2. The molecule has 0 fully saturated rings. The zero-order chi connectivity index (χ0) is 16.4. The first-order valence-electron chi connectivity index (χ1n) is 6.74. The highest BCUT2D eigenvalue weighted by atomic mass is 35.5. The van der Waals surface area contributed by atoms with Crippen LogP contribution < -0.4 is 5.32 Å². The maximum Gasteiger partial charge on any atom is 0.335 e. The van der Waals surface area contributed by atoms with Gasteiger partial charge in [0.1, 0.15) is 5.15 Å². The number of pyridine rings is 1. The molecule has 1 amide bonds. The van der Waals surface area contributed by atoms with Crippen molar-refractivity contribution in [1.29, 1.82) is 0 Å². The highest BCUT2D eigenvalue weighted by Gasteiger charge is 2.13. The lowest BCUT2D eigenvalue weighted by atomic mass is 10.1. The number of benzene rings is 2. The molecule has 0 aliphatic heterocycles. The van der Waals surface area contributed by atoms with Gasteiger partial charge in [-0.1, -0.05) is 29.8 Å². The summed E-state index contributed by atoms with van der Waals surface area (Å²) >= 11 is 6.08. The molecule has 2 aromatic carbocycles. The molecule has 0 saturated heterocycles. The highest BCUT2D eigenvalue weighted by Crippen LogP contribution is 2.21. The monoisotopic (exact) mass is 326 g/mol. The largest absolute Gasteiger partial charge is 0.478 e. The minimum absolute atomic E-state index is 0.114. The van der Waals surface area contributed by atoms with E-state index < -0.39 is 11.9 Å². The van der Waals surface area contributed by atoms with Crippen LogP contribution in [-0.2, 0) is 0 Å². The number of hydrogen-bond acceptors (Lipinski definition) is 3. The van der Waals surface area contributed by atoms with E-state index in [4.69, 9.17) is 16.7 Å². The lowest BCUT2D eigenvalue weighted by Gasteiger charge is -2.08. The number of amides is 1. The van der Waals surface area contributed by atoms with Crippen LogP contribution in [0.1, 0.15) is 20.7 Å². The smallest absolute Gasteiger partial charge is 0.335 e. The molecular weight excluding hydrogens is 316 g/mol. The van der Waals surface area contributed by atoms with Crippen LogP contribution in [0.25, 0.3) is 10.9 Å². The highest BCUT2D eigenvalue weighted by molar-refractivity contribution is 6.33. The Morgan fingerprint density at radius 1 is 1.04 bits per heavy atom. The fourth-order valence-electron chi connectivity index (χ4n) is 2.15. The first kappa shape index (κ1) is 15.0. The summed E-state index contributed by atoms with van der Waals surface area (Å²) in [6.45, 7) is 0. The van der Waals surface area contributed by atoms with Gasteiger partial charge in [-0.15, -0.1) is 0 Å². The van der Waals surface area contributed by atoms with Gasteiger partial charge in [-0.3, -0.25) is 4.79 Å². The number of aromatic nitrogens is 1. The second-order valence-electron chi connectivity index (χ2n) is 4.86. The van der Waals surface area contributed by atoms with Crippen molar-refractivity contribution in [3.8, 4) is 0 Å². The van der Waals surface area contributed by atoms with Crippen LogP contribution in [0, 0.1) is 0 Å². The summed E-state index contributed by atoms with van der Waals surface area (Å²) in [5.41, 5.74) is 1.59. The molecule has 0 bridgehead atoms. The van der Waals surface area contributed by atoms with E-state index in [1.165, 1.54) is 24.3 Å². The zero-order valence-electron chi connectivity index (χ0n) is 11.8. The van der Waals surface area contributed by atoms with Crippen molar-refractivity contribution in [2.24, 2.45) is 0 Å². The van der Waals surface area contributed by atoms with Crippen LogP contribution >= 0.6 is 11.6 Å². The van der Waals surface area contributed by atoms with Crippen LogP contribution in [0.15, 0.2) is 54.6 Å². The molecular formula is C17H11ClN2O3. The Bertz CT molecular complexity index is 907. The van der Waals surface area contributed by atoms with Crippen LogP contribution in [0.5, 0.6) is 0 Å². The average molecular weight is 327 g/mol. The second-order valence-corrected chi connectivity index (χ2v) is 5.21. The number of nitrogens with zero attached hydrogens (tertiary/aromatic N) is 1. The van der Waals surface area contributed by atoms with Gasteiger partial charge in [-0.2, -0.15) is 0 Å². The molecule has 0 aliphatic rings. The third-order valence-corrected chi connectivity index (χ3v) is 3.60. The van der Waals surface area contributed by atoms with E-state index in [1.54, 1.807) is 6.07 Å². The molecule has 114 valence electrons. The van der Waals surface area contributed by atoms with Crippen molar-refractivity contribution < 1.29 is 14.7 Å². The van der Waals surface area contributed by atoms with Crippen LogP contribution in [0.3, 0.4) is 0 Å². The predicted molar refractivity (Wildman–Crippen MR) is 88.1 cm³/mol. The van der Waals surface area contributed by atoms with Gasteiger partial charge in [-0.25, -0.2) is 9.78 Å². The van der Waals surface area contributed by atoms with Crippen molar-refractivity contribution in [3.63, 3.8) is 0 Å². The van der Waals surface area contributed by atoms with Gasteiger partial charge < -0.3 is 10.4 Å². The molecule has 0 unspecified atom stereocenters. The number of hydrogen-bond donors (Lipinski definition) is 2. The number of anilines is 1. The fraction of sp³-hybridized carbons (Fsp3) is 0. The topological polar surface area (TPSA) is 79.3 Å². The summed E-state index contributed by atoms with van der Waals surface area (Å²) in [4.78, 5) is 27.4. The molecule has 2 N–H and O–H groups in total. The molecule has 0 atom stereocenters. The second kappa shape index (κ2) is 6.06. The molecule has 6 heteroatoms. The summed E-state index contributed by atoms with van der Waals surface area (Å²) in [5.74, 6) is -1.43. The van der Waals surface area contributed by atoms with Gasteiger partial charge in [0.15, 0.2) is 0 Å². The van der Waals surface area contributed by atoms with E-state index in [2.05, 4.69) is 10.3 Å². The predicted octanol–water partition coefficient (Wildman–Crippen LogP) is 3.84. The number of para-hydroxylation sites is 1. The van der Waals surface area contributed by atoms with Crippen LogP contribution in [0.2, 0.25) is 5.15 Å². The minimum atomic E-state index is -1.02. The van der Waals surface area contributed by atoms with Crippen molar-refractivity contribution in [3.05, 3.63) is 70.9 Å². The summed E-state index contributed by atoms with van der Waals surface area (Å²) in [6, 6.07) is 14.9. The van der Waals surface area contributed by atoms with Crippen molar-refractivity contribution >= 4 is 40.1 Å². The molecule has 3 aromatic rings. The molecule has 0 radical (unpaired) electrons.